The Morgan fingerprint density at radius 3 is 2.75 bits per heavy atom. The number of rotatable bonds is 2. The van der Waals surface area contributed by atoms with Gasteiger partial charge in [-0.25, -0.2) is 4.79 Å². The molecular weight excluding hydrogens is 364 g/mol. The van der Waals surface area contributed by atoms with Gasteiger partial charge in [-0.1, -0.05) is 6.92 Å². The molecule has 1 N–H and O–H groups in total. The lowest BCUT2D eigenvalue weighted by atomic mass is 9.54. The molecule has 2 heterocycles. The average Bonchev–Trinajstić information content (AvgIpc) is 3.21. The van der Waals surface area contributed by atoms with Crippen molar-refractivity contribution >= 4 is 17.5 Å². The molecule has 1 aliphatic heterocycles. The van der Waals surface area contributed by atoms with Crippen LogP contribution in [0.1, 0.15) is 59.6 Å². The second kappa shape index (κ2) is 5.42. The summed E-state index contributed by atoms with van der Waals surface area (Å²) in [7, 11) is 1.51. The molecule has 0 spiro atoms. The van der Waals surface area contributed by atoms with Crippen LogP contribution in [-0.2, 0) is 19.7 Å². The molecule has 1 saturated carbocycles. The zero-order valence-electron chi connectivity index (χ0n) is 16.0. The van der Waals surface area contributed by atoms with Crippen molar-refractivity contribution in [2.45, 2.75) is 50.7 Å². The van der Waals surface area contributed by atoms with E-state index in [2.05, 4.69) is 0 Å². The molecule has 1 aromatic rings. The van der Waals surface area contributed by atoms with Crippen molar-refractivity contribution in [1.29, 1.82) is 0 Å². The SMILES string of the molecule is COC[C@H]1OC(=O)c2coc3c2C1(C)C1=C(C3=O)[C@@H]2CCC(=O)C2(C)C[C@H]1O. The van der Waals surface area contributed by atoms with E-state index in [1.807, 2.05) is 13.8 Å². The lowest BCUT2D eigenvalue weighted by Crippen LogP contribution is -2.56. The fourth-order valence-corrected chi connectivity index (χ4v) is 6.02. The van der Waals surface area contributed by atoms with Gasteiger partial charge in [0.25, 0.3) is 0 Å². The van der Waals surface area contributed by atoms with E-state index in [-0.39, 0.29) is 41.8 Å². The lowest BCUT2D eigenvalue weighted by Gasteiger charge is -2.51. The number of allylic oxidation sites excluding steroid dienone is 1. The summed E-state index contributed by atoms with van der Waals surface area (Å²) >= 11 is 0. The number of hydrogen-bond acceptors (Lipinski definition) is 7. The summed E-state index contributed by atoms with van der Waals surface area (Å²) in [6.07, 6.45) is 0.786. The zero-order valence-corrected chi connectivity index (χ0v) is 16.0. The number of Topliss-reactive ketones (excluding diaryl/α,β-unsaturated/α-hetero) is 2. The minimum absolute atomic E-state index is 0.0792. The van der Waals surface area contributed by atoms with Crippen LogP contribution >= 0.6 is 0 Å². The van der Waals surface area contributed by atoms with Gasteiger partial charge in [-0.3, -0.25) is 9.59 Å². The van der Waals surface area contributed by atoms with Crippen LogP contribution in [0, 0.1) is 11.3 Å². The number of aliphatic hydroxyl groups excluding tert-OH is 1. The third-order valence-electron chi connectivity index (χ3n) is 7.41. The van der Waals surface area contributed by atoms with Crippen LogP contribution in [0.25, 0.3) is 0 Å². The standard InChI is InChI=1S/C21H22O7/c1-20-6-11(22)16-14(10(20)4-5-12(20)23)17(24)18-15-9(7-27-18)19(25)28-13(8-26-3)21(15,16)2/h7,10-11,13,22H,4-6,8H2,1-3H3/t10-,11+,13+,20?,21?/m0/s1. The summed E-state index contributed by atoms with van der Waals surface area (Å²) < 4.78 is 16.5. The first kappa shape index (κ1) is 17.8. The van der Waals surface area contributed by atoms with E-state index in [1.54, 1.807) is 0 Å². The highest BCUT2D eigenvalue weighted by molar-refractivity contribution is 6.14. The summed E-state index contributed by atoms with van der Waals surface area (Å²) in [6.45, 7) is 3.82. The number of fused-ring (bicyclic) bond motifs is 3. The molecule has 1 aromatic heterocycles. The quantitative estimate of drug-likeness (QED) is 0.775. The first-order valence-electron chi connectivity index (χ1n) is 9.57. The number of cyclic esters (lactones) is 1. The second-order valence-electron chi connectivity index (χ2n) is 8.71. The number of methoxy groups -OCH3 is 1. The molecule has 2 unspecified atom stereocenters. The number of carbonyl (C=O) groups is 3. The largest absolute Gasteiger partial charge is 0.460 e. The Morgan fingerprint density at radius 1 is 1.29 bits per heavy atom. The maximum atomic E-state index is 13.4. The first-order valence-corrected chi connectivity index (χ1v) is 9.57. The van der Waals surface area contributed by atoms with Gasteiger partial charge in [-0.05, 0) is 25.3 Å². The summed E-state index contributed by atoms with van der Waals surface area (Å²) in [5, 5.41) is 11.2. The lowest BCUT2D eigenvalue weighted by molar-refractivity contribution is -0.128. The number of carbonyl (C=O) groups excluding carboxylic acids is 3. The number of esters is 1. The van der Waals surface area contributed by atoms with Crippen molar-refractivity contribution in [3.8, 4) is 0 Å². The minimum Gasteiger partial charge on any atom is -0.460 e. The molecule has 3 aliphatic carbocycles. The monoisotopic (exact) mass is 386 g/mol. The summed E-state index contributed by atoms with van der Waals surface area (Å²) in [6, 6.07) is 0. The number of hydrogen-bond donors (Lipinski definition) is 1. The molecule has 1 fully saturated rings. The second-order valence-corrected chi connectivity index (χ2v) is 8.71. The van der Waals surface area contributed by atoms with Crippen molar-refractivity contribution < 1.29 is 33.4 Å². The maximum Gasteiger partial charge on any atom is 0.342 e. The molecule has 0 saturated heterocycles. The molecule has 7 heteroatoms. The Balaban J connectivity index is 1.82. The molecule has 148 valence electrons. The number of furan rings is 1. The van der Waals surface area contributed by atoms with Crippen LogP contribution in [-0.4, -0.2) is 48.6 Å². The van der Waals surface area contributed by atoms with Crippen LogP contribution in [0.15, 0.2) is 21.8 Å². The van der Waals surface area contributed by atoms with Crippen molar-refractivity contribution in [1.82, 2.24) is 0 Å². The number of ether oxygens (including phenoxy) is 2. The Labute approximate surface area is 161 Å². The highest BCUT2D eigenvalue weighted by Gasteiger charge is 2.63. The van der Waals surface area contributed by atoms with Gasteiger partial charge < -0.3 is 19.0 Å². The van der Waals surface area contributed by atoms with Gasteiger partial charge in [0.15, 0.2) is 5.76 Å². The van der Waals surface area contributed by atoms with E-state index >= 15 is 0 Å². The van der Waals surface area contributed by atoms with Gasteiger partial charge in [-0.15, -0.1) is 0 Å². The van der Waals surface area contributed by atoms with Gasteiger partial charge in [0.1, 0.15) is 23.7 Å². The summed E-state index contributed by atoms with van der Waals surface area (Å²) in [5.74, 6) is -0.970. The number of ketones is 2. The minimum atomic E-state index is -0.987. The molecule has 28 heavy (non-hydrogen) atoms. The summed E-state index contributed by atoms with van der Waals surface area (Å²) in [4.78, 5) is 38.5. The van der Waals surface area contributed by atoms with Crippen molar-refractivity contribution in [3.05, 3.63) is 34.3 Å². The first-order chi connectivity index (χ1) is 13.2. The van der Waals surface area contributed by atoms with Crippen LogP contribution in [0.2, 0.25) is 0 Å². The fraction of sp³-hybridized carbons (Fsp3) is 0.571. The van der Waals surface area contributed by atoms with Crippen molar-refractivity contribution in [2.24, 2.45) is 11.3 Å². The third kappa shape index (κ3) is 1.84. The van der Waals surface area contributed by atoms with Gasteiger partial charge in [0.05, 0.1) is 18.1 Å². The number of aliphatic hydroxyl groups is 1. The normalized spacial score (nSPS) is 38.9. The van der Waals surface area contributed by atoms with E-state index in [1.165, 1.54) is 13.4 Å². The predicted molar refractivity (Wildman–Crippen MR) is 95.0 cm³/mol. The topological polar surface area (TPSA) is 103 Å². The van der Waals surface area contributed by atoms with Gasteiger partial charge >= 0.3 is 5.97 Å². The molecule has 5 rings (SSSR count). The average molecular weight is 386 g/mol. The van der Waals surface area contributed by atoms with E-state index in [0.29, 0.717) is 29.6 Å². The van der Waals surface area contributed by atoms with Crippen molar-refractivity contribution in [3.63, 3.8) is 0 Å². The molecule has 5 atom stereocenters. The van der Waals surface area contributed by atoms with E-state index in [9.17, 15) is 19.5 Å². The van der Waals surface area contributed by atoms with Gasteiger partial charge in [-0.2, -0.15) is 0 Å². The molecule has 0 aromatic carbocycles. The predicted octanol–water partition coefficient (Wildman–Crippen LogP) is 1.97. The van der Waals surface area contributed by atoms with Crippen LogP contribution in [0.5, 0.6) is 0 Å². The Morgan fingerprint density at radius 2 is 2.04 bits per heavy atom. The third-order valence-corrected chi connectivity index (χ3v) is 7.41. The molecule has 0 amide bonds. The van der Waals surface area contributed by atoms with Crippen LogP contribution < -0.4 is 0 Å². The molecule has 0 bridgehead atoms. The van der Waals surface area contributed by atoms with E-state index < -0.39 is 29.0 Å². The van der Waals surface area contributed by atoms with E-state index in [4.69, 9.17) is 13.9 Å². The van der Waals surface area contributed by atoms with Crippen molar-refractivity contribution in [2.75, 3.05) is 13.7 Å². The maximum absolute atomic E-state index is 13.4. The van der Waals surface area contributed by atoms with Crippen LogP contribution in [0.4, 0.5) is 0 Å². The molecule has 7 nitrogen and oxygen atoms in total. The molecule has 4 aliphatic rings. The highest BCUT2D eigenvalue weighted by atomic mass is 16.6. The smallest absolute Gasteiger partial charge is 0.342 e. The Hall–Kier alpha value is -2.25. The fourth-order valence-electron chi connectivity index (χ4n) is 6.02. The zero-order chi connectivity index (χ0) is 20.0. The highest BCUT2D eigenvalue weighted by Crippen LogP contribution is 2.60. The molecule has 0 radical (unpaired) electrons. The summed E-state index contributed by atoms with van der Waals surface area (Å²) in [5.41, 5.74) is -0.00741. The Bertz CT molecular complexity index is 969. The van der Waals surface area contributed by atoms with E-state index in [0.717, 1.165) is 0 Å². The van der Waals surface area contributed by atoms with Gasteiger partial charge in [0.2, 0.25) is 5.78 Å². The Kier molecular flexibility index (Phi) is 3.45. The van der Waals surface area contributed by atoms with Crippen LogP contribution in [0.3, 0.4) is 0 Å². The molecular formula is C21H22O7. The van der Waals surface area contributed by atoms with Gasteiger partial charge in [0, 0.05) is 36.0 Å².